The van der Waals surface area contributed by atoms with Crippen molar-refractivity contribution in [2.75, 3.05) is 11.1 Å². The molecule has 1 amide bonds. The monoisotopic (exact) mass is 312 g/mol. The first kappa shape index (κ1) is 16.2. The molecule has 0 fully saturated rings. The second-order valence-electron chi connectivity index (χ2n) is 4.87. The Balaban J connectivity index is 2.31. The van der Waals surface area contributed by atoms with E-state index in [2.05, 4.69) is 11.9 Å². The van der Waals surface area contributed by atoms with Crippen LogP contribution in [0.1, 0.15) is 17.2 Å². The number of nitrogen functional groups attached to an aromatic ring is 1. The molecule has 0 saturated carbocycles. The molecule has 5 N–H and O–H groups in total. The Labute approximate surface area is 132 Å². The van der Waals surface area contributed by atoms with Crippen LogP contribution < -0.4 is 16.8 Å². The molecule has 2 aromatic carbocycles. The molecule has 7 heteroatoms. The van der Waals surface area contributed by atoms with Gasteiger partial charge >= 0.3 is 0 Å². The largest absolute Gasteiger partial charge is 0.398 e. The normalized spacial score (nSPS) is 11.5. The van der Waals surface area contributed by atoms with Gasteiger partial charge in [0.25, 0.3) is 5.69 Å². The summed E-state index contributed by atoms with van der Waals surface area (Å²) in [5.41, 5.74) is 14.1. The highest BCUT2D eigenvalue weighted by Crippen LogP contribution is 2.29. The number of nitro benzene ring substituents is 1. The number of anilines is 2. The number of benzene rings is 2. The van der Waals surface area contributed by atoms with E-state index in [1.165, 1.54) is 24.3 Å². The maximum absolute atomic E-state index is 11.3. The van der Waals surface area contributed by atoms with E-state index < -0.39 is 11.0 Å². The average molecular weight is 312 g/mol. The number of nitro groups is 1. The standard InChI is InChI=1S/C16H16N4O3/c1-2-15(21)19-11-5-3-4-10(8-11)16(18)13-7-6-12(20(22)23)9-14(13)17/h2-9,16H,1,17-18H2,(H,19,21). The van der Waals surface area contributed by atoms with Gasteiger partial charge in [0, 0.05) is 23.5 Å². The number of nitrogens with one attached hydrogen (secondary N) is 1. The summed E-state index contributed by atoms with van der Waals surface area (Å²) in [5.74, 6) is -0.328. The van der Waals surface area contributed by atoms with Gasteiger partial charge in [-0.15, -0.1) is 0 Å². The van der Waals surface area contributed by atoms with Crippen LogP contribution in [0.25, 0.3) is 0 Å². The summed E-state index contributed by atoms with van der Waals surface area (Å²) in [6.45, 7) is 3.39. The van der Waals surface area contributed by atoms with Gasteiger partial charge in [0.05, 0.1) is 11.0 Å². The Morgan fingerprint density at radius 3 is 2.65 bits per heavy atom. The van der Waals surface area contributed by atoms with Crippen LogP contribution >= 0.6 is 0 Å². The Morgan fingerprint density at radius 1 is 1.30 bits per heavy atom. The molecule has 0 bridgehead atoms. The van der Waals surface area contributed by atoms with Crippen molar-refractivity contribution in [1.29, 1.82) is 0 Å². The summed E-state index contributed by atoms with van der Waals surface area (Å²) in [7, 11) is 0. The highest BCUT2D eigenvalue weighted by atomic mass is 16.6. The average Bonchev–Trinajstić information content (AvgIpc) is 2.54. The molecule has 0 saturated heterocycles. The predicted octanol–water partition coefficient (Wildman–Crippen LogP) is 2.35. The van der Waals surface area contributed by atoms with E-state index in [0.717, 1.165) is 0 Å². The molecular formula is C16H16N4O3. The van der Waals surface area contributed by atoms with Crippen LogP contribution in [0.4, 0.5) is 17.1 Å². The molecule has 0 radical (unpaired) electrons. The molecule has 0 aliphatic rings. The van der Waals surface area contributed by atoms with Crippen molar-refractivity contribution in [3.05, 3.63) is 76.4 Å². The minimum absolute atomic E-state index is 0.0922. The van der Waals surface area contributed by atoms with E-state index >= 15 is 0 Å². The molecular weight excluding hydrogens is 296 g/mol. The Kier molecular flexibility index (Phi) is 4.72. The second kappa shape index (κ2) is 6.71. The molecule has 0 heterocycles. The summed E-state index contributed by atoms with van der Waals surface area (Å²) in [6, 6.07) is 10.6. The van der Waals surface area contributed by atoms with Gasteiger partial charge in [0.1, 0.15) is 0 Å². The van der Waals surface area contributed by atoms with Crippen molar-refractivity contribution in [3.8, 4) is 0 Å². The molecule has 0 aliphatic heterocycles. The van der Waals surface area contributed by atoms with Crippen LogP contribution in [-0.2, 0) is 4.79 Å². The van der Waals surface area contributed by atoms with Gasteiger partial charge in [-0.2, -0.15) is 0 Å². The van der Waals surface area contributed by atoms with Gasteiger partial charge in [-0.05, 0) is 35.4 Å². The van der Waals surface area contributed by atoms with Crippen LogP contribution in [0.3, 0.4) is 0 Å². The van der Waals surface area contributed by atoms with E-state index in [1.807, 2.05) is 0 Å². The molecule has 0 spiro atoms. The number of amides is 1. The fourth-order valence-electron chi connectivity index (χ4n) is 2.14. The molecule has 1 unspecified atom stereocenters. The molecule has 23 heavy (non-hydrogen) atoms. The number of hydrogen-bond acceptors (Lipinski definition) is 5. The van der Waals surface area contributed by atoms with Gasteiger partial charge in [0.15, 0.2) is 0 Å². The summed E-state index contributed by atoms with van der Waals surface area (Å²) in [6.07, 6.45) is 1.17. The van der Waals surface area contributed by atoms with Crippen LogP contribution in [0.5, 0.6) is 0 Å². The van der Waals surface area contributed by atoms with E-state index in [9.17, 15) is 14.9 Å². The Hall–Kier alpha value is -3.19. The van der Waals surface area contributed by atoms with Crippen molar-refractivity contribution >= 4 is 23.0 Å². The third kappa shape index (κ3) is 3.72. The number of nitrogens with two attached hydrogens (primary N) is 2. The van der Waals surface area contributed by atoms with Crippen molar-refractivity contribution < 1.29 is 9.72 Å². The molecule has 2 rings (SSSR count). The van der Waals surface area contributed by atoms with Crippen molar-refractivity contribution in [2.24, 2.45) is 5.73 Å². The number of hydrogen-bond donors (Lipinski definition) is 3. The smallest absolute Gasteiger partial charge is 0.271 e. The molecule has 0 aromatic heterocycles. The zero-order chi connectivity index (χ0) is 17.0. The molecule has 0 aliphatic carbocycles. The van der Waals surface area contributed by atoms with Gasteiger partial charge < -0.3 is 16.8 Å². The Morgan fingerprint density at radius 2 is 2.04 bits per heavy atom. The van der Waals surface area contributed by atoms with E-state index in [4.69, 9.17) is 11.5 Å². The lowest BCUT2D eigenvalue weighted by atomic mass is 9.97. The van der Waals surface area contributed by atoms with E-state index in [-0.39, 0.29) is 17.3 Å². The first-order chi connectivity index (χ1) is 10.9. The third-order valence-corrected chi connectivity index (χ3v) is 3.31. The van der Waals surface area contributed by atoms with Crippen LogP contribution in [0.15, 0.2) is 55.1 Å². The fraction of sp³-hybridized carbons (Fsp3) is 0.0625. The van der Waals surface area contributed by atoms with Crippen LogP contribution in [-0.4, -0.2) is 10.8 Å². The van der Waals surface area contributed by atoms with E-state index in [1.54, 1.807) is 24.3 Å². The quantitative estimate of drug-likeness (QED) is 0.338. The van der Waals surface area contributed by atoms with Gasteiger partial charge in [0.2, 0.25) is 5.91 Å². The molecule has 1 atom stereocenters. The number of non-ortho nitro benzene ring substituents is 1. The topological polar surface area (TPSA) is 124 Å². The van der Waals surface area contributed by atoms with E-state index in [0.29, 0.717) is 16.8 Å². The maximum Gasteiger partial charge on any atom is 0.271 e. The lowest BCUT2D eigenvalue weighted by molar-refractivity contribution is -0.384. The van der Waals surface area contributed by atoms with Crippen LogP contribution in [0, 0.1) is 10.1 Å². The summed E-state index contributed by atoms with van der Waals surface area (Å²) < 4.78 is 0. The lowest BCUT2D eigenvalue weighted by Gasteiger charge is -2.16. The second-order valence-corrected chi connectivity index (χ2v) is 4.87. The lowest BCUT2D eigenvalue weighted by Crippen LogP contribution is -2.15. The first-order valence-corrected chi connectivity index (χ1v) is 6.75. The maximum atomic E-state index is 11.3. The molecule has 118 valence electrons. The summed E-state index contributed by atoms with van der Waals surface area (Å²) >= 11 is 0. The Bertz CT molecular complexity index is 774. The van der Waals surface area contributed by atoms with Crippen molar-refractivity contribution in [1.82, 2.24) is 0 Å². The zero-order valence-electron chi connectivity index (χ0n) is 12.2. The SMILES string of the molecule is C=CC(=O)Nc1cccc(C(N)c2ccc([N+](=O)[O-])cc2N)c1. The van der Waals surface area contributed by atoms with Crippen LogP contribution in [0.2, 0.25) is 0 Å². The first-order valence-electron chi connectivity index (χ1n) is 6.75. The summed E-state index contributed by atoms with van der Waals surface area (Å²) in [5, 5.41) is 13.4. The minimum Gasteiger partial charge on any atom is -0.398 e. The fourth-order valence-corrected chi connectivity index (χ4v) is 2.14. The summed E-state index contributed by atoms with van der Waals surface area (Å²) in [4.78, 5) is 21.6. The van der Waals surface area contributed by atoms with Gasteiger partial charge in [-0.25, -0.2) is 0 Å². The number of carbonyl (C=O) groups is 1. The molecule has 7 nitrogen and oxygen atoms in total. The number of nitrogens with zero attached hydrogens (tertiary/aromatic N) is 1. The zero-order valence-corrected chi connectivity index (χ0v) is 12.2. The number of carbonyl (C=O) groups excluding carboxylic acids is 1. The highest BCUT2D eigenvalue weighted by Gasteiger charge is 2.16. The van der Waals surface area contributed by atoms with Crippen molar-refractivity contribution in [3.63, 3.8) is 0 Å². The predicted molar refractivity (Wildman–Crippen MR) is 88.8 cm³/mol. The number of rotatable bonds is 5. The minimum atomic E-state index is -0.573. The molecule has 2 aromatic rings. The third-order valence-electron chi connectivity index (χ3n) is 3.31. The van der Waals surface area contributed by atoms with Crippen molar-refractivity contribution in [2.45, 2.75) is 6.04 Å². The van der Waals surface area contributed by atoms with Gasteiger partial charge in [-0.3, -0.25) is 14.9 Å². The highest BCUT2D eigenvalue weighted by molar-refractivity contribution is 5.98. The van der Waals surface area contributed by atoms with Gasteiger partial charge in [-0.1, -0.05) is 18.7 Å².